The Balaban J connectivity index is 1.20. The minimum Gasteiger partial charge on any atom is -0.446 e. The summed E-state index contributed by atoms with van der Waals surface area (Å²) in [6, 6.07) is 1.11. The van der Waals surface area contributed by atoms with Crippen molar-refractivity contribution in [3.8, 4) is 0 Å². The Labute approximate surface area is 178 Å². The number of hydrogen-bond acceptors (Lipinski definition) is 7. The van der Waals surface area contributed by atoms with E-state index in [1.807, 2.05) is 0 Å². The molecule has 0 spiro atoms. The molecule has 9 nitrogen and oxygen atoms in total. The van der Waals surface area contributed by atoms with Gasteiger partial charge in [0.15, 0.2) is 0 Å². The monoisotopic (exact) mass is 436 g/mol. The molecule has 5 aliphatic rings. The van der Waals surface area contributed by atoms with Crippen LogP contribution in [0.25, 0.3) is 0 Å². The molecule has 2 heterocycles. The van der Waals surface area contributed by atoms with Gasteiger partial charge in [-0.1, -0.05) is 11.6 Å². The number of pyridine rings is 1. The molecule has 5 fully saturated rings. The zero-order chi connectivity index (χ0) is 21.0. The van der Waals surface area contributed by atoms with Crippen LogP contribution in [-0.2, 0) is 4.74 Å². The average Bonchev–Trinajstić information content (AvgIpc) is 3.13. The van der Waals surface area contributed by atoms with Crippen LogP contribution in [0.1, 0.15) is 38.5 Å². The van der Waals surface area contributed by atoms with Gasteiger partial charge in [0.25, 0.3) is 0 Å². The highest BCUT2D eigenvalue weighted by Crippen LogP contribution is 2.56. The molecule has 4 unspecified atom stereocenters. The molecule has 1 amide bonds. The maximum absolute atomic E-state index is 12.8. The molecule has 0 aromatic carbocycles. The third kappa shape index (κ3) is 3.58. The third-order valence-electron chi connectivity index (χ3n) is 7.21. The van der Waals surface area contributed by atoms with E-state index in [0.29, 0.717) is 25.4 Å². The number of anilines is 1. The standard InChI is InChI=1S/C20H25ClN4O5/c21-14-5-16(25(28)29)18(22-9-14)23-15-1-2-24(10-15)19(26)30-17-12-3-11-4-13(17)8-20(27,6-11)7-12/h5,9,11-13,15,17,27H,1-4,6-8,10H2,(H,22,23)/t11?,12-,13?,15+,17?,20?/m0/s1. The molecule has 4 aliphatic carbocycles. The summed E-state index contributed by atoms with van der Waals surface area (Å²) < 4.78 is 5.94. The number of ether oxygens (including phenoxy) is 1. The minimum absolute atomic E-state index is 0.111. The number of aromatic nitrogens is 1. The van der Waals surface area contributed by atoms with Crippen LogP contribution in [0.4, 0.5) is 16.3 Å². The van der Waals surface area contributed by atoms with Crippen LogP contribution in [0, 0.1) is 27.9 Å². The van der Waals surface area contributed by atoms with Gasteiger partial charge in [0.05, 0.1) is 15.5 Å². The fourth-order valence-corrected chi connectivity index (χ4v) is 6.39. The Morgan fingerprint density at radius 2 is 2.10 bits per heavy atom. The first-order chi connectivity index (χ1) is 14.3. The Morgan fingerprint density at radius 3 is 2.77 bits per heavy atom. The lowest BCUT2D eigenvalue weighted by Crippen LogP contribution is -2.58. The molecule has 6 rings (SSSR count). The highest BCUT2D eigenvalue weighted by Gasteiger charge is 2.56. The van der Waals surface area contributed by atoms with Gasteiger partial charge in [-0.25, -0.2) is 9.78 Å². The van der Waals surface area contributed by atoms with Crippen molar-refractivity contribution in [3.05, 3.63) is 27.4 Å². The van der Waals surface area contributed by atoms with E-state index in [0.717, 1.165) is 32.1 Å². The molecular formula is C20H25ClN4O5. The number of likely N-dealkylation sites (tertiary alicyclic amines) is 1. The number of halogens is 1. The summed E-state index contributed by atoms with van der Waals surface area (Å²) in [7, 11) is 0. The number of rotatable bonds is 4. The second kappa shape index (κ2) is 7.23. The second-order valence-corrected chi connectivity index (χ2v) is 9.83. The molecule has 1 aromatic rings. The number of nitrogens with zero attached hydrogens (tertiary/aromatic N) is 3. The van der Waals surface area contributed by atoms with Gasteiger partial charge in [0.1, 0.15) is 6.10 Å². The van der Waals surface area contributed by atoms with Gasteiger partial charge in [-0.2, -0.15) is 0 Å². The van der Waals surface area contributed by atoms with Crippen LogP contribution >= 0.6 is 11.6 Å². The van der Waals surface area contributed by atoms with Crippen LogP contribution in [0.5, 0.6) is 0 Å². The fraction of sp³-hybridized carbons (Fsp3) is 0.700. The predicted molar refractivity (Wildman–Crippen MR) is 108 cm³/mol. The molecule has 2 N–H and O–H groups in total. The lowest BCUT2D eigenvalue weighted by molar-refractivity contribution is -0.384. The van der Waals surface area contributed by atoms with Gasteiger partial charge in [-0.3, -0.25) is 10.1 Å². The summed E-state index contributed by atoms with van der Waals surface area (Å²) in [5.41, 5.74) is -0.738. The van der Waals surface area contributed by atoms with Gasteiger partial charge in [-0.15, -0.1) is 0 Å². The van der Waals surface area contributed by atoms with Crippen molar-refractivity contribution in [2.24, 2.45) is 17.8 Å². The number of nitro groups is 1. The Morgan fingerprint density at radius 1 is 1.37 bits per heavy atom. The first kappa shape index (κ1) is 19.8. The highest BCUT2D eigenvalue weighted by atomic mass is 35.5. The summed E-state index contributed by atoms with van der Waals surface area (Å²) in [6.07, 6.45) is 5.99. The first-order valence-electron chi connectivity index (χ1n) is 10.5. The molecule has 4 saturated carbocycles. The van der Waals surface area contributed by atoms with Crippen molar-refractivity contribution in [2.45, 2.75) is 56.3 Å². The van der Waals surface area contributed by atoms with Crippen molar-refractivity contribution in [1.82, 2.24) is 9.88 Å². The van der Waals surface area contributed by atoms with E-state index < -0.39 is 10.5 Å². The van der Waals surface area contributed by atoms with Gasteiger partial charge in [0, 0.05) is 31.4 Å². The van der Waals surface area contributed by atoms with Crippen LogP contribution in [0.3, 0.4) is 0 Å². The number of aliphatic hydroxyl groups is 1. The molecule has 1 aliphatic heterocycles. The quantitative estimate of drug-likeness (QED) is 0.549. The van der Waals surface area contributed by atoms with Crippen molar-refractivity contribution >= 4 is 29.2 Å². The van der Waals surface area contributed by atoms with E-state index in [4.69, 9.17) is 16.3 Å². The zero-order valence-electron chi connectivity index (χ0n) is 16.5. The van der Waals surface area contributed by atoms with Crippen LogP contribution in [-0.4, -0.2) is 56.8 Å². The maximum atomic E-state index is 12.8. The van der Waals surface area contributed by atoms with E-state index >= 15 is 0 Å². The molecule has 1 aromatic heterocycles. The second-order valence-electron chi connectivity index (χ2n) is 9.40. The van der Waals surface area contributed by atoms with Gasteiger partial charge in [-0.05, 0) is 56.3 Å². The number of nitrogens with one attached hydrogen (secondary N) is 1. The van der Waals surface area contributed by atoms with Gasteiger partial charge >= 0.3 is 11.8 Å². The summed E-state index contributed by atoms with van der Waals surface area (Å²) >= 11 is 5.82. The van der Waals surface area contributed by atoms with Crippen LogP contribution < -0.4 is 5.32 Å². The van der Waals surface area contributed by atoms with E-state index in [1.165, 1.54) is 12.3 Å². The molecule has 162 valence electrons. The predicted octanol–water partition coefficient (Wildman–Crippen LogP) is 3.21. The van der Waals surface area contributed by atoms with Gasteiger partial charge < -0.3 is 20.1 Å². The normalized spacial score (nSPS) is 36.7. The van der Waals surface area contributed by atoms with E-state index in [2.05, 4.69) is 10.3 Å². The molecule has 6 atom stereocenters. The zero-order valence-corrected chi connectivity index (χ0v) is 17.3. The number of carbonyl (C=O) groups excluding carboxylic acids is 1. The molecular weight excluding hydrogens is 412 g/mol. The number of carbonyl (C=O) groups is 1. The molecule has 0 radical (unpaired) electrons. The lowest BCUT2D eigenvalue weighted by atomic mass is 9.53. The highest BCUT2D eigenvalue weighted by molar-refractivity contribution is 6.30. The van der Waals surface area contributed by atoms with Crippen LogP contribution in [0.15, 0.2) is 12.3 Å². The average molecular weight is 437 g/mol. The summed E-state index contributed by atoms with van der Waals surface area (Å²) in [5, 5.41) is 25.2. The first-order valence-corrected chi connectivity index (χ1v) is 10.9. The van der Waals surface area contributed by atoms with E-state index in [1.54, 1.807) is 4.90 Å². The Hall–Kier alpha value is -2.13. The molecule has 30 heavy (non-hydrogen) atoms. The van der Waals surface area contributed by atoms with Gasteiger partial charge in [0.2, 0.25) is 5.82 Å². The van der Waals surface area contributed by atoms with Crippen molar-refractivity contribution < 1.29 is 19.6 Å². The molecule has 1 saturated heterocycles. The van der Waals surface area contributed by atoms with Crippen LogP contribution in [0.2, 0.25) is 5.02 Å². The SMILES string of the molecule is O=C(OC1C2CC3C[C@H]1CC(O)(C3)C2)N1CC[C@@H](Nc2ncc(Cl)cc2[N+](=O)[O-])C1. The smallest absolute Gasteiger partial charge is 0.410 e. The van der Waals surface area contributed by atoms with E-state index in [-0.39, 0.29) is 46.6 Å². The summed E-state index contributed by atoms with van der Waals surface area (Å²) in [6.45, 7) is 0.918. The van der Waals surface area contributed by atoms with Crippen molar-refractivity contribution in [3.63, 3.8) is 0 Å². The summed E-state index contributed by atoms with van der Waals surface area (Å²) in [5.74, 6) is 1.22. The lowest BCUT2D eigenvalue weighted by Gasteiger charge is -2.57. The number of hydrogen-bond donors (Lipinski definition) is 2. The maximum Gasteiger partial charge on any atom is 0.410 e. The summed E-state index contributed by atoms with van der Waals surface area (Å²) in [4.78, 5) is 29.2. The number of amides is 1. The minimum atomic E-state index is -0.553. The topological polar surface area (TPSA) is 118 Å². The van der Waals surface area contributed by atoms with Crippen molar-refractivity contribution in [2.75, 3.05) is 18.4 Å². The molecule has 4 bridgehead atoms. The molecule has 10 heteroatoms. The fourth-order valence-electron chi connectivity index (χ4n) is 6.23. The Kier molecular flexibility index (Phi) is 4.77. The van der Waals surface area contributed by atoms with E-state index in [9.17, 15) is 20.0 Å². The Bertz CT molecular complexity index is 867. The van der Waals surface area contributed by atoms with Crippen molar-refractivity contribution in [1.29, 1.82) is 0 Å². The third-order valence-corrected chi connectivity index (χ3v) is 7.42. The largest absolute Gasteiger partial charge is 0.446 e.